The molecule has 1 aliphatic heterocycles. The van der Waals surface area contributed by atoms with Gasteiger partial charge in [-0.3, -0.25) is 0 Å². The Labute approximate surface area is 255 Å². The number of hydrogen-bond acceptors (Lipinski definition) is 3. The van der Waals surface area contributed by atoms with Crippen LogP contribution in [0.15, 0.2) is 146 Å². The van der Waals surface area contributed by atoms with E-state index in [1.54, 1.807) is 0 Å². The molecule has 0 radical (unpaired) electrons. The maximum atomic E-state index is 4.89. The van der Waals surface area contributed by atoms with E-state index in [2.05, 4.69) is 166 Å². The fourth-order valence-corrected chi connectivity index (χ4v) is 6.89. The molecule has 1 unspecified atom stereocenters. The van der Waals surface area contributed by atoms with Gasteiger partial charge in [0.25, 0.3) is 0 Å². The molecule has 0 saturated heterocycles. The van der Waals surface area contributed by atoms with Gasteiger partial charge in [0.15, 0.2) is 0 Å². The fraction of sp³-hybridized carbons (Fsp3) is 0.0513. The zero-order valence-corrected chi connectivity index (χ0v) is 24.2. The van der Waals surface area contributed by atoms with Crippen LogP contribution >= 0.6 is 0 Å². The summed E-state index contributed by atoms with van der Waals surface area (Å²) in [7, 11) is 0. The Morgan fingerprint density at radius 2 is 1.30 bits per heavy atom. The molecular weight excluding hydrogens is 538 g/mol. The van der Waals surface area contributed by atoms with Crippen LogP contribution < -0.4 is 10.2 Å². The summed E-state index contributed by atoms with van der Waals surface area (Å²) in [6, 6.07) is 49.7. The van der Waals surface area contributed by atoms with Gasteiger partial charge in [0.2, 0.25) is 0 Å². The molecule has 9 rings (SSSR count). The molecule has 5 heteroatoms. The number of nitrogens with one attached hydrogen (secondary N) is 1. The third-order valence-electron chi connectivity index (χ3n) is 8.94. The standard InChI is InChI=1S/C39H29N5/c1-26-11-5-8-16-34(26)44-36-24-23-31-30-14-6-9-17-35(30)42(38(31)32(36)25-40-44)29-21-19-27(20-22-29)39-41-33-15-7-10-18-37(33)43(39)28-12-3-2-4-13-28/h2-25,39,41H,1H3. The molecule has 44 heavy (non-hydrogen) atoms. The minimum atomic E-state index is -0.0129. The molecule has 1 atom stereocenters. The Balaban J connectivity index is 1.20. The van der Waals surface area contributed by atoms with E-state index >= 15 is 0 Å². The summed E-state index contributed by atoms with van der Waals surface area (Å²) in [5.41, 5.74) is 11.6. The fourth-order valence-electron chi connectivity index (χ4n) is 6.89. The molecule has 5 nitrogen and oxygen atoms in total. The SMILES string of the molecule is Cc1ccccc1-n1ncc2c1ccc1c3ccccc3n(-c3ccc(C4Nc5ccccc5N4c4ccccc4)cc3)c12. The van der Waals surface area contributed by atoms with Crippen molar-refractivity contribution in [2.24, 2.45) is 0 Å². The minimum Gasteiger partial charge on any atom is -0.359 e. The number of para-hydroxylation sites is 5. The third-order valence-corrected chi connectivity index (χ3v) is 8.94. The van der Waals surface area contributed by atoms with Crippen LogP contribution in [0.25, 0.3) is 44.1 Å². The summed E-state index contributed by atoms with van der Waals surface area (Å²) in [5, 5.41) is 12.3. The second-order valence-corrected chi connectivity index (χ2v) is 11.5. The van der Waals surface area contributed by atoms with E-state index in [1.165, 1.54) is 38.6 Å². The van der Waals surface area contributed by atoms with Gasteiger partial charge in [-0.2, -0.15) is 5.10 Å². The molecule has 0 spiro atoms. The highest BCUT2D eigenvalue weighted by molar-refractivity contribution is 6.18. The predicted molar refractivity (Wildman–Crippen MR) is 182 cm³/mol. The molecule has 2 aromatic heterocycles. The molecule has 0 bridgehead atoms. The van der Waals surface area contributed by atoms with Gasteiger partial charge in [-0.05, 0) is 78.7 Å². The van der Waals surface area contributed by atoms with Gasteiger partial charge in [-0.25, -0.2) is 4.68 Å². The van der Waals surface area contributed by atoms with E-state index in [1.807, 2.05) is 6.20 Å². The number of benzene rings is 6. The Bertz CT molecular complexity index is 2330. The third kappa shape index (κ3) is 3.62. The van der Waals surface area contributed by atoms with Crippen molar-refractivity contribution in [3.05, 3.63) is 157 Å². The van der Waals surface area contributed by atoms with Crippen molar-refractivity contribution in [2.75, 3.05) is 10.2 Å². The topological polar surface area (TPSA) is 38.0 Å². The Morgan fingerprint density at radius 1 is 0.568 bits per heavy atom. The van der Waals surface area contributed by atoms with E-state index in [4.69, 9.17) is 5.10 Å². The van der Waals surface area contributed by atoms with E-state index in [0.29, 0.717) is 0 Å². The molecule has 0 aliphatic carbocycles. The van der Waals surface area contributed by atoms with Crippen LogP contribution in [0.5, 0.6) is 0 Å². The Kier molecular flexibility index (Phi) is 5.41. The number of rotatable bonds is 4. The van der Waals surface area contributed by atoms with E-state index in [9.17, 15) is 0 Å². The van der Waals surface area contributed by atoms with Crippen LogP contribution in [-0.4, -0.2) is 14.3 Å². The average Bonchev–Trinajstić information content (AvgIpc) is 3.77. The highest BCUT2D eigenvalue weighted by atomic mass is 15.3. The molecule has 1 aliphatic rings. The van der Waals surface area contributed by atoms with Gasteiger partial charge < -0.3 is 14.8 Å². The number of nitrogens with zero attached hydrogens (tertiary/aromatic N) is 4. The van der Waals surface area contributed by atoms with Gasteiger partial charge in [-0.15, -0.1) is 0 Å². The van der Waals surface area contributed by atoms with Crippen LogP contribution in [0.2, 0.25) is 0 Å². The lowest BCUT2D eigenvalue weighted by Gasteiger charge is -2.27. The molecular formula is C39H29N5. The van der Waals surface area contributed by atoms with E-state index in [0.717, 1.165) is 33.7 Å². The van der Waals surface area contributed by atoms with Crippen LogP contribution in [0.3, 0.4) is 0 Å². The number of anilines is 3. The summed E-state index contributed by atoms with van der Waals surface area (Å²) in [6.07, 6.45) is 2.01. The van der Waals surface area contributed by atoms with Crippen LogP contribution in [0.1, 0.15) is 17.3 Å². The zero-order valence-electron chi connectivity index (χ0n) is 24.2. The summed E-state index contributed by atoms with van der Waals surface area (Å²) in [6.45, 7) is 2.14. The van der Waals surface area contributed by atoms with Gasteiger partial charge in [0, 0.05) is 27.5 Å². The van der Waals surface area contributed by atoms with Crippen LogP contribution in [0, 0.1) is 6.92 Å². The Morgan fingerprint density at radius 3 is 2.14 bits per heavy atom. The predicted octanol–water partition coefficient (Wildman–Crippen LogP) is 9.69. The molecule has 8 aromatic rings. The first-order chi connectivity index (χ1) is 21.8. The molecule has 1 N–H and O–H groups in total. The molecule has 0 fully saturated rings. The number of aryl methyl sites for hydroxylation is 1. The number of aromatic nitrogens is 3. The van der Waals surface area contributed by atoms with Crippen LogP contribution in [-0.2, 0) is 0 Å². The summed E-state index contributed by atoms with van der Waals surface area (Å²) < 4.78 is 4.46. The summed E-state index contributed by atoms with van der Waals surface area (Å²) in [4.78, 5) is 2.38. The van der Waals surface area contributed by atoms with E-state index in [-0.39, 0.29) is 6.17 Å². The summed E-state index contributed by atoms with van der Waals surface area (Å²) in [5.74, 6) is 0. The average molecular weight is 568 g/mol. The van der Waals surface area contributed by atoms with Crippen molar-refractivity contribution >= 4 is 49.8 Å². The normalized spacial score (nSPS) is 14.4. The second-order valence-electron chi connectivity index (χ2n) is 11.5. The maximum Gasteiger partial charge on any atom is 0.130 e. The van der Waals surface area contributed by atoms with Crippen LogP contribution in [0.4, 0.5) is 17.1 Å². The molecule has 210 valence electrons. The minimum absolute atomic E-state index is 0.0129. The zero-order chi connectivity index (χ0) is 29.2. The van der Waals surface area contributed by atoms with E-state index < -0.39 is 0 Å². The van der Waals surface area contributed by atoms with Crippen molar-refractivity contribution in [2.45, 2.75) is 13.1 Å². The second kappa shape index (κ2) is 9.61. The van der Waals surface area contributed by atoms with Gasteiger partial charge >= 0.3 is 0 Å². The molecule has 0 saturated carbocycles. The number of hydrogen-bond donors (Lipinski definition) is 1. The van der Waals surface area contributed by atoms with Crippen molar-refractivity contribution in [1.82, 2.24) is 14.3 Å². The molecule has 6 aromatic carbocycles. The highest BCUT2D eigenvalue weighted by Gasteiger charge is 2.31. The first kappa shape index (κ1) is 24.8. The van der Waals surface area contributed by atoms with Crippen molar-refractivity contribution in [1.29, 1.82) is 0 Å². The quantitative estimate of drug-likeness (QED) is 0.230. The van der Waals surface area contributed by atoms with Gasteiger partial charge in [0.1, 0.15) is 6.17 Å². The largest absolute Gasteiger partial charge is 0.359 e. The maximum absolute atomic E-state index is 4.89. The van der Waals surface area contributed by atoms with Crippen molar-refractivity contribution in [3.63, 3.8) is 0 Å². The van der Waals surface area contributed by atoms with Gasteiger partial charge in [0.05, 0.1) is 39.8 Å². The first-order valence-electron chi connectivity index (χ1n) is 15.0. The lowest BCUT2D eigenvalue weighted by atomic mass is 10.1. The van der Waals surface area contributed by atoms with Crippen molar-refractivity contribution in [3.8, 4) is 11.4 Å². The molecule has 0 amide bonds. The number of fused-ring (bicyclic) bond motifs is 6. The lowest BCUT2D eigenvalue weighted by Crippen LogP contribution is -2.23. The summed E-state index contributed by atoms with van der Waals surface area (Å²) >= 11 is 0. The smallest absolute Gasteiger partial charge is 0.130 e. The molecule has 3 heterocycles. The highest BCUT2D eigenvalue weighted by Crippen LogP contribution is 2.46. The van der Waals surface area contributed by atoms with Crippen molar-refractivity contribution < 1.29 is 0 Å². The lowest BCUT2D eigenvalue weighted by molar-refractivity contribution is 0.827. The first-order valence-corrected chi connectivity index (χ1v) is 15.0. The van der Waals surface area contributed by atoms with Gasteiger partial charge in [-0.1, -0.05) is 78.9 Å². The monoisotopic (exact) mass is 567 g/mol. The Hall–Kier alpha value is -5.81.